The topological polar surface area (TPSA) is 37.3 Å². The molecule has 72 valence electrons. The van der Waals surface area contributed by atoms with E-state index in [2.05, 4.69) is 0 Å². The van der Waals surface area contributed by atoms with Crippen LogP contribution in [0.25, 0.3) is 0 Å². The molecule has 14 heavy (non-hydrogen) atoms. The number of thiophene rings is 2. The third-order valence-electron chi connectivity index (χ3n) is 1.89. The molecule has 0 aliphatic rings. The van der Waals surface area contributed by atoms with Crippen LogP contribution in [0.4, 0.5) is 0 Å². The zero-order chi connectivity index (χ0) is 9.97. The van der Waals surface area contributed by atoms with Gasteiger partial charge in [0.2, 0.25) is 0 Å². The molecule has 2 nitrogen and oxygen atoms in total. The summed E-state index contributed by atoms with van der Waals surface area (Å²) in [6.45, 7) is 0. The average Bonchev–Trinajstić information content (AvgIpc) is 2.88. The molecule has 2 aromatic rings. The summed E-state index contributed by atoms with van der Waals surface area (Å²) < 4.78 is 0. The Morgan fingerprint density at radius 1 is 1.36 bits per heavy atom. The highest BCUT2D eigenvalue weighted by Gasteiger charge is 2.12. The lowest BCUT2D eigenvalue weighted by Gasteiger charge is -2.04. The molecule has 2 aromatic heterocycles. The second-order valence-electron chi connectivity index (χ2n) is 2.82. The fourth-order valence-corrected chi connectivity index (χ4v) is 2.69. The number of aliphatic hydroxyl groups excluding tert-OH is 1. The summed E-state index contributed by atoms with van der Waals surface area (Å²) in [4.78, 5) is 11.9. The SMILES string of the molecule is O=Cc1ccc(C(O)c2ccsc2)s1. The number of rotatable bonds is 3. The van der Waals surface area contributed by atoms with Gasteiger partial charge in [-0.25, -0.2) is 0 Å². The molecule has 0 bridgehead atoms. The van der Waals surface area contributed by atoms with Crippen molar-refractivity contribution >= 4 is 29.0 Å². The number of hydrogen-bond donors (Lipinski definition) is 1. The summed E-state index contributed by atoms with van der Waals surface area (Å²) in [6, 6.07) is 5.40. The molecule has 4 heteroatoms. The van der Waals surface area contributed by atoms with E-state index in [4.69, 9.17) is 0 Å². The lowest BCUT2D eigenvalue weighted by Crippen LogP contribution is -1.93. The molecular weight excluding hydrogens is 216 g/mol. The summed E-state index contributed by atoms with van der Waals surface area (Å²) in [5, 5.41) is 13.7. The Kier molecular flexibility index (Phi) is 2.77. The van der Waals surface area contributed by atoms with Crippen molar-refractivity contribution in [3.63, 3.8) is 0 Å². The van der Waals surface area contributed by atoms with Gasteiger partial charge in [0.25, 0.3) is 0 Å². The molecular formula is C10H8O2S2. The first-order valence-corrected chi connectivity index (χ1v) is 5.82. The number of aldehydes is 1. The van der Waals surface area contributed by atoms with Crippen molar-refractivity contribution in [1.29, 1.82) is 0 Å². The highest BCUT2D eigenvalue weighted by molar-refractivity contribution is 7.13. The molecule has 1 atom stereocenters. The molecule has 0 saturated heterocycles. The van der Waals surface area contributed by atoms with Crippen LogP contribution in [0.1, 0.15) is 26.2 Å². The zero-order valence-corrected chi connectivity index (χ0v) is 8.85. The highest BCUT2D eigenvalue weighted by Crippen LogP contribution is 2.28. The van der Waals surface area contributed by atoms with E-state index in [0.29, 0.717) is 4.88 Å². The van der Waals surface area contributed by atoms with Crippen LogP contribution >= 0.6 is 22.7 Å². The van der Waals surface area contributed by atoms with Gasteiger partial charge in [0.15, 0.2) is 6.29 Å². The molecule has 2 heterocycles. The van der Waals surface area contributed by atoms with Crippen molar-refractivity contribution in [3.8, 4) is 0 Å². The van der Waals surface area contributed by atoms with Gasteiger partial charge in [0, 0.05) is 4.88 Å². The maximum absolute atomic E-state index is 10.5. The van der Waals surface area contributed by atoms with E-state index in [0.717, 1.165) is 16.7 Å². The van der Waals surface area contributed by atoms with Crippen LogP contribution in [0.2, 0.25) is 0 Å². The molecule has 0 amide bonds. The highest BCUT2D eigenvalue weighted by atomic mass is 32.1. The summed E-state index contributed by atoms with van der Waals surface area (Å²) >= 11 is 2.88. The minimum atomic E-state index is -0.597. The third-order valence-corrected chi connectivity index (χ3v) is 3.66. The molecule has 0 fully saturated rings. The number of hydrogen-bond acceptors (Lipinski definition) is 4. The van der Waals surface area contributed by atoms with Crippen molar-refractivity contribution in [2.45, 2.75) is 6.10 Å². The van der Waals surface area contributed by atoms with Gasteiger partial charge in [-0.2, -0.15) is 11.3 Å². The van der Waals surface area contributed by atoms with E-state index >= 15 is 0 Å². The van der Waals surface area contributed by atoms with Crippen LogP contribution in [-0.2, 0) is 0 Å². The van der Waals surface area contributed by atoms with Gasteiger partial charge in [-0.15, -0.1) is 11.3 Å². The van der Waals surface area contributed by atoms with Gasteiger partial charge in [-0.05, 0) is 34.5 Å². The molecule has 0 saturated carbocycles. The molecule has 0 aliphatic carbocycles. The van der Waals surface area contributed by atoms with Crippen molar-refractivity contribution in [2.75, 3.05) is 0 Å². The van der Waals surface area contributed by atoms with E-state index in [-0.39, 0.29) is 0 Å². The van der Waals surface area contributed by atoms with Gasteiger partial charge >= 0.3 is 0 Å². The lowest BCUT2D eigenvalue weighted by molar-refractivity contribution is 0.112. The molecule has 0 aliphatic heterocycles. The molecule has 0 spiro atoms. The van der Waals surface area contributed by atoms with Crippen LogP contribution in [0.5, 0.6) is 0 Å². The van der Waals surface area contributed by atoms with Gasteiger partial charge in [-0.1, -0.05) is 0 Å². The van der Waals surface area contributed by atoms with Crippen LogP contribution in [0.15, 0.2) is 29.0 Å². The third kappa shape index (κ3) is 1.77. The minimum absolute atomic E-state index is 0.597. The summed E-state index contributed by atoms with van der Waals surface area (Å²) in [5.74, 6) is 0. The number of aliphatic hydroxyl groups is 1. The van der Waals surface area contributed by atoms with E-state index in [1.807, 2.05) is 16.8 Å². The van der Waals surface area contributed by atoms with E-state index in [1.165, 1.54) is 11.3 Å². The van der Waals surface area contributed by atoms with Crippen LogP contribution in [0.3, 0.4) is 0 Å². The predicted octanol–water partition coefficient (Wildman–Crippen LogP) is 2.70. The maximum atomic E-state index is 10.5. The Morgan fingerprint density at radius 2 is 2.21 bits per heavy atom. The van der Waals surface area contributed by atoms with Crippen LogP contribution in [-0.4, -0.2) is 11.4 Å². The fourth-order valence-electron chi connectivity index (χ4n) is 1.17. The van der Waals surface area contributed by atoms with Crippen LogP contribution in [0, 0.1) is 0 Å². The zero-order valence-electron chi connectivity index (χ0n) is 7.21. The number of carbonyl (C=O) groups excluding carboxylic acids is 1. The lowest BCUT2D eigenvalue weighted by atomic mass is 10.2. The Labute approximate surface area is 89.5 Å². The Bertz CT molecular complexity index is 417. The van der Waals surface area contributed by atoms with E-state index in [9.17, 15) is 9.90 Å². The normalized spacial score (nSPS) is 12.6. The standard InChI is InChI=1S/C10H8O2S2/c11-5-8-1-2-9(14-8)10(12)7-3-4-13-6-7/h1-6,10,12H. The minimum Gasteiger partial charge on any atom is -0.383 e. The Hall–Kier alpha value is -0.970. The second kappa shape index (κ2) is 4.04. The van der Waals surface area contributed by atoms with Crippen molar-refractivity contribution in [3.05, 3.63) is 44.3 Å². The van der Waals surface area contributed by atoms with Crippen molar-refractivity contribution in [1.82, 2.24) is 0 Å². The summed E-state index contributed by atoms with van der Waals surface area (Å²) in [7, 11) is 0. The number of carbonyl (C=O) groups is 1. The molecule has 2 rings (SSSR count). The predicted molar refractivity (Wildman–Crippen MR) is 58.1 cm³/mol. The quantitative estimate of drug-likeness (QED) is 0.814. The van der Waals surface area contributed by atoms with Gasteiger partial charge in [0.1, 0.15) is 6.10 Å². The summed E-state index contributed by atoms with van der Waals surface area (Å²) in [5.41, 5.74) is 0.884. The summed E-state index contributed by atoms with van der Waals surface area (Å²) in [6.07, 6.45) is 0.203. The largest absolute Gasteiger partial charge is 0.383 e. The van der Waals surface area contributed by atoms with Crippen LogP contribution < -0.4 is 0 Å². The monoisotopic (exact) mass is 224 g/mol. The Balaban J connectivity index is 2.27. The van der Waals surface area contributed by atoms with E-state index < -0.39 is 6.10 Å². The first kappa shape index (κ1) is 9.58. The first-order valence-electron chi connectivity index (χ1n) is 4.06. The second-order valence-corrected chi connectivity index (χ2v) is 4.74. The molecule has 1 N–H and O–H groups in total. The average molecular weight is 224 g/mol. The fraction of sp³-hybridized carbons (Fsp3) is 0.100. The maximum Gasteiger partial charge on any atom is 0.160 e. The Morgan fingerprint density at radius 3 is 2.79 bits per heavy atom. The van der Waals surface area contributed by atoms with Crippen molar-refractivity contribution < 1.29 is 9.90 Å². The smallest absolute Gasteiger partial charge is 0.160 e. The molecule has 0 aromatic carbocycles. The molecule has 0 radical (unpaired) electrons. The van der Waals surface area contributed by atoms with Gasteiger partial charge in [-0.3, -0.25) is 4.79 Å². The van der Waals surface area contributed by atoms with Crippen molar-refractivity contribution in [2.24, 2.45) is 0 Å². The first-order chi connectivity index (χ1) is 6.81. The van der Waals surface area contributed by atoms with Gasteiger partial charge in [0.05, 0.1) is 4.88 Å². The van der Waals surface area contributed by atoms with Gasteiger partial charge < -0.3 is 5.11 Å². The van der Waals surface area contributed by atoms with E-state index in [1.54, 1.807) is 23.5 Å². The molecule has 1 unspecified atom stereocenters.